The number of Topliss-reactive ketones (excluding diaryl/α,β-unsaturated/α-hetero) is 2. The average molecular weight is 320 g/mol. The molecule has 116 valence electrons. The minimum atomic E-state index is -5.26. The summed E-state index contributed by atoms with van der Waals surface area (Å²) in [5.41, 5.74) is -2.68. The number of hydrogen-bond donors (Lipinski definition) is 0. The normalized spacial score (nSPS) is 12.5. The van der Waals surface area contributed by atoms with E-state index in [4.69, 9.17) is 0 Å². The minimum Gasteiger partial charge on any atom is -0.284 e. The molecule has 0 aromatic carbocycles. The third-order valence-corrected chi connectivity index (χ3v) is 2.91. The van der Waals surface area contributed by atoms with E-state index >= 15 is 0 Å². The van der Waals surface area contributed by atoms with Crippen LogP contribution in [-0.2, 0) is 0 Å². The topological polar surface area (TPSA) is 34.1 Å². The van der Waals surface area contributed by atoms with Crippen molar-refractivity contribution in [2.75, 3.05) is 0 Å². The van der Waals surface area contributed by atoms with E-state index < -0.39 is 35.0 Å². The molecular weight excluding hydrogens is 314 g/mol. The van der Waals surface area contributed by atoms with E-state index in [1.165, 1.54) is 18.2 Å². The molecule has 0 fully saturated rings. The average Bonchev–Trinajstić information content (AvgIpc) is 2.57. The molecule has 2 rings (SSSR count). The molecule has 2 aliphatic rings. The van der Waals surface area contributed by atoms with Crippen molar-refractivity contribution in [2.45, 2.75) is 12.4 Å². The quantitative estimate of drug-likeness (QED) is 0.611. The first-order chi connectivity index (χ1) is 10.0. The van der Waals surface area contributed by atoms with Crippen LogP contribution < -0.4 is 0 Å². The largest absolute Gasteiger partial charge is 0.454 e. The van der Waals surface area contributed by atoms with Crippen LogP contribution in [0.3, 0.4) is 0 Å². The van der Waals surface area contributed by atoms with Crippen LogP contribution in [0.1, 0.15) is 20.7 Å². The van der Waals surface area contributed by atoms with Gasteiger partial charge in [-0.15, -0.1) is 0 Å². The zero-order valence-electron chi connectivity index (χ0n) is 10.5. The molecular formula is C14H6F6O2. The molecule has 0 atom stereocenters. The van der Waals surface area contributed by atoms with Gasteiger partial charge in [0.1, 0.15) is 0 Å². The highest BCUT2D eigenvalue weighted by molar-refractivity contribution is 6.14. The lowest BCUT2D eigenvalue weighted by Gasteiger charge is -2.05. The summed E-state index contributed by atoms with van der Waals surface area (Å²) in [6.07, 6.45) is -10.5. The number of carbonyl (C=O) groups is 2. The zero-order chi connectivity index (χ0) is 16.7. The first-order valence-corrected chi connectivity index (χ1v) is 5.78. The Morgan fingerprint density at radius 3 is 1.36 bits per heavy atom. The summed E-state index contributed by atoms with van der Waals surface area (Å²) in [6.45, 7) is 0. The van der Waals surface area contributed by atoms with Gasteiger partial charge in [-0.2, -0.15) is 26.3 Å². The van der Waals surface area contributed by atoms with Gasteiger partial charge in [-0.25, -0.2) is 0 Å². The Kier molecular flexibility index (Phi) is 3.72. The van der Waals surface area contributed by atoms with Crippen LogP contribution in [0.2, 0.25) is 0 Å². The van der Waals surface area contributed by atoms with Crippen LogP contribution >= 0.6 is 0 Å². The lowest BCUT2D eigenvalue weighted by Crippen LogP contribution is -2.23. The third kappa shape index (κ3) is 2.81. The number of fused-ring (bicyclic) bond motifs is 1. The van der Waals surface area contributed by atoms with Gasteiger partial charge in [0.2, 0.25) is 0 Å². The predicted molar refractivity (Wildman–Crippen MR) is 63.8 cm³/mol. The van der Waals surface area contributed by atoms with Crippen LogP contribution in [0.25, 0.3) is 11.1 Å². The molecule has 0 radical (unpaired) electrons. The lowest BCUT2D eigenvalue weighted by atomic mass is 10.0. The fourth-order valence-electron chi connectivity index (χ4n) is 2.00. The van der Waals surface area contributed by atoms with E-state index in [-0.39, 0.29) is 11.1 Å². The maximum atomic E-state index is 12.5. The molecule has 8 heteroatoms. The smallest absolute Gasteiger partial charge is 0.284 e. The van der Waals surface area contributed by atoms with E-state index in [0.717, 1.165) is 12.1 Å². The Labute approximate surface area is 119 Å². The first kappa shape index (κ1) is 16.0. The third-order valence-electron chi connectivity index (χ3n) is 2.91. The van der Waals surface area contributed by atoms with Gasteiger partial charge in [0, 0.05) is 11.1 Å². The zero-order valence-corrected chi connectivity index (χ0v) is 10.5. The summed E-state index contributed by atoms with van der Waals surface area (Å²) >= 11 is 0. The number of hydrogen-bond acceptors (Lipinski definition) is 2. The van der Waals surface area contributed by atoms with Crippen molar-refractivity contribution < 1.29 is 35.9 Å². The fourth-order valence-corrected chi connectivity index (χ4v) is 2.00. The van der Waals surface area contributed by atoms with Crippen molar-refractivity contribution in [3.63, 3.8) is 0 Å². The molecule has 0 aliphatic heterocycles. The van der Waals surface area contributed by atoms with Gasteiger partial charge in [0.15, 0.2) is 0 Å². The second kappa shape index (κ2) is 5.11. The number of alkyl halides is 6. The molecule has 0 unspecified atom stereocenters. The van der Waals surface area contributed by atoms with E-state index in [2.05, 4.69) is 0 Å². The Morgan fingerprint density at radius 2 is 1.05 bits per heavy atom. The Bertz CT molecular complexity index is 657. The van der Waals surface area contributed by atoms with Crippen molar-refractivity contribution >= 4 is 11.6 Å². The monoisotopic (exact) mass is 320 g/mol. The van der Waals surface area contributed by atoms with Gasteiger partial charge in [-0.1, -0.05) is 30.3 Å². The highest BCUT2D eigenvalue weighted by atomic mass is 19.4. The first-order valence-electron chi connectivity index (χ1n) is 5.78. The summed E-state index contributed by atoms with van der Waals surface area (Å²) in [6, 6.07) is 6.33. The second-order valence-electron chi connectivity index (χ2n) is 4.36. The number of carbonyl (C=O) groups excluding carboxylic acids is 2. The maximum absolute atomic E-state index is 12.5. The van der Waals surface area contributed by atoms with E-state index in [0.29, 0.717) is 6.07 Å². The molecule has 0 aromatic rings. The van der Waals surface area contributed by atoms with Crippen molar-refractivity contribution in [3.05, 3.63) is 47.5 Å². The molecule has 0 heterocycles. The van der Waals surface area contributed by atoms with Crippen LogP contribution in [0.5, 0.6) is 0 Å². The lowest BCUT2D eigenvalue weighted by molar-refractivity contribution is -0.0885. The highest BCUT2D eigenvalue weighted by Gasteiger charge is 2.45. The summed E-state index contributed by atoms with van der Waals surface area (Å²) in [5, 5.41) is 0. The van der Waals surface area contributed by atoms with Crippen LogP contribution in [0.15, 0.2) is 36.4 Å². The molecule has 0 saturated heterocycles. The van der Waals surface area contributed by atoms with E-state index in [1.54, 1.807) is 0 Å². The molecule has 0 bridgehead atoms. The van der Waals surface area contributed by atoms with E-state index in [9.17, 15) is 35.9 Å². The molecule has 2 nitrogen and oxygen atoms in total. The standard InChI is InChI=1S/C14H6F6O2/c15-13(16,17)11(21)9-6-10(12(22)14(18,19)20)8-5-3-1-2-4-7(8)9/h1-6H. The maximum Gasteiger partial charge on any atom is 0.454 e. The van der Waals surface area contributed by atoms with Crippen molar-refractivity contribution in [3.8, 4) is 11.1 Å². The molecule has 0 amide bonds. The van der Waals surface area contributed by atoms with E-state index in [1.807, 2.05) is 0 Å². The number of halogens is 6. The van der Waals surface area contributed by atoms with Gasteiger partial charge >= 0.3 is 12.4 Å². The number of rotatable bonds is 2. The Balaban J connectivity index is 2.72. The molecule has 22 heavy (non-hydrogen) atoms. The molecule has 0 saturated carbocycles. The van der Waals surface area contributed by atoms with Crippen molar-refractivity contribution in [2.24, 2.45) is 0 Å². The summed E-state index contributed by atoms with van der Waals surface area (Å²) in [5.74, 6) is -4.60. The SMILES string of the molecule is O=C(c1cc(C(=O)C(F)(F)F)c2cccccc1-2)C(F)(F)F. The van der Waals surface area contributed by atoms with Crippen LogP contribution in [-0.4, -0.2) is 23.9 Å². The van der Waals surface area contributed by atoms with Gasteiger partial charge in [-0.05, 0) is 17.2 Å². The molecule has 2 aliphatic carbocycles. The van der Waals surface area contributed by atoms with Crippen LogP contribution in [0.4, 0.5) is 26.3 Å². The fraction of sp³-hybridized carbons (Fsp3) is 0.143. The van der Waals surface area contributed by atoms with Gasteiger partial charge < -0.3 is 0 Å². The predicted octanol–water partition coefficient (Wildman–Crippen LogP) is 4.28. The number of ketones is 2. The molecule has 0 N–H and O–H groups in total. The van der Waals surface area contributed by atoms with Gasteiger partial charge in [-0.3, -0.25) is 9.59 Å². The Morgan fingerprint density at radius 1 is 0.682 bits per heavy atom. The summed E-state index contributed by atoms with van der Waals surface area (Å²) < 4.78 is 75.3. The molecule has 0 aromatic heterocycles. The highest BCUT2D eigenvalue weighted by Crippen LogP contribution is 2.38. The van der Waals surface area contributed by atoms with Crippen LogP contribution in [0, 0.1) is 0 Å². The second-order valence-corrected chi connectivity index (χ2v) is 4.36. The minimum absolute atomic E-state index is 0.344. The van der Waals surface area contributed by atoms with Gasteiger partial charge in [0.05, 0.1) is 0 Å². The summed E-state index contributed by atoms with van der Waals surface area (Å²) in [4.78, 5) is 22.7. The summed E-state index contributed by atoms with van der Waals surface area (Å²) in [7, 11) is 0. The van der Waals surface area contributed by atoms with Gasteiger partial charge in [0.25, 0.3) is 11.6 Å². The Hall–Kier alpha value is -2.38. The van der Waals surface area contributed by atoms with Crippen molar-refractivity contribution in [1.82, 2.24) is 0 Å². The van der Waals surface area contributed by atoms with Crippen molar-refractivity contribution in [1.29, 1.82) is 0 Å². The molecule has 0 spiro atoms.